The predicted octanol–water partition coefficient (Wildman–Crippen LogP) is 1.02. The normalized spacial score (nSPS) is 12.8. The molecule has 1 rings (SSSR count). The number of methoxy groups -OCH3 is 2. The fourth-order valence-electron chi connectivity index (χ4n) is 1.26. The molecule has 5 nitrogen and oxygen atoms in total. The summed E-state index contributed by atoms with van der Waals surface area (Å²) in [6.07, 6.45) is 0.980. The van der Waals surface area contributed by atoms with E-state index in [9.17, 15) is 4.79 Å². The Kier molecular flexibility index (Phi) is 4.33. The standard InChI is InChI=1S/C10H15NO4/c1-7(10(13-2)14-3)11-9(12)8-5-4-6-15-8/h4-7,10H,1-3H3,(H,11,12). The van der Waals surface area contributed by atoms with Crippen LogP contribution in [0.1, 0.15) is 17.5 Å². The lowest BCUT2D eigenvalue weighted by atomic mass is 10.3. The number of rotatable bonds is 5. The maximum absolute atomic E-state index is 11.5. The van der Waals surface area contributed by atoms with Gasteiger partial charge in [0.2, 0.25) is 0 Å². The zero-order chi connectivity index (χ0) is 11.3. The van der Waals surface area contributed by atoms with Crippen LogP contribution in [0.25, 0.3) is 0 Å². The van der Waals surface area contributed by atoms with E-state index in [1.807, 2.05) is 0 Å². The third-order valence-corrected chi connectivity index (χ3v) is 1.98. The van der Waals surface area contributed by atoms with Gasteiger partial charge < -0.3 is 19.2 Å². The van der Waals surface area contributed by atoms with Gasteiger partial charge in [0.15, 0.2) is 12.1 Å². The van der Waals surface area contributed by atoms with Gasteiger partial charge in [-0.3, -0.25) is 4.79 Å². The summed E-state index contributed by atoms with van der Waals surface area (Å²) in [5.41, 5.74) is 0. The zero-order valence-electron chi connectivity index (χ0n) is 9.02. The fraction of sp³-hybridized carbons (Fsp3) is 0.500. The van der Waals surface area contributed by atoms with E-state index in [0.29, 0.717) is 0 Å². The minimum Gasteiger partial charge on any atom is -0.459 e. The maximum atomic E-state index is 11.5. The van der Waals surface area contributed by atoms with Crippen LogP contribution in [-0.4, -0.2) is 32.5 Å². The lowest BCUT2D eigenvalue weighted by Crippen LogP contribution is -2.42. The minimum absolute atomic E-state index is 0.252. The van der Waals surface area contributed by atoms with E-state index in [1.54, 1.807) is 19.1 Å². The molecule has 0 aliphatic rings. The van der Waals surface area contributed by atoms with E-state index in [1.165, 1.54) is 20.5 Å². The van der Waals surface area contributed by atoms with Crippen molar-refractivity contribution in [1.82, 2.24) is 5.32 Å². The number of furan rings is 1. The van der Waals surface area contributed by atoms with Gasteiger partial charge in [-0.1, -0.05) is 0 Å². The third kappa shape index (κ3) is 3.07. The van der Waals surface area contributed by atoms with Gasteiger partial charge in [-0.05, 0) is 19.1 Å². The fourth-order valence-corrected chi connectivity index (χ4v) is 1.26. The van der Waals surface area contributed by atoms with Gasteiger partial charge in [0.05, 0.1) is 12.3 Å². The molecule has 0 aromatic carbocycles. The Labute approximate surface area is 88.4 Å². The summed E-state index contributed by atoms with van der Waals surface area (Å²) in [6.45, 7) is 1.79. The van der Waals surface area contributed by atoms with E-state index >= 15 is 0 Å². The van der Waals surface area contributed by atoms with Crippen LogP contribution in [0, 0.1) is 0 Å². The van der Waals surface area contributed by atoms with Crippen LogP contribution in [0.4, 0.5) is 0 Å². The van der Waals surface area contributed by atoms with Crippen molar-refractivity contribution in [2.24, 2.45) is 0 Å². The average Bonchev–Trinajstić information content (AvgIpc) is 2.72. The number of carbonyl (C=O) groups excluding carboxylic acids is 1. The molecule has 15 heavy (non-hydrogen) atoms. The second-order valence-corrected chi connectivity index (χ2v) is 3.08. The number of amides is 1. The first kappa shape index (κ1) is 11.7. The predicted molar refractivity (Wildman–Crippen MR) is 53.4 cm³/mol. The molecular weight excluding hydrogens is 198 g/mol. The molecule has 0 radical (unpaired) electrons. The maximum Gasteiger partial charge on any atom is 0.287 e. The highest BCUT2D eigenvalue weighted by Gasteiger charge is 2.19. The van der Waals surface area contributed by atoms with Crippen molar-refractivity contribution < 1.29 is 18.7 Å². The summed E-state index contributed by atoms with van der Waals surface area (Å²) in [6, 6.07) is 3.00. The van der Waals surface area contributed by atoms with Gasteiger partial charge in [0, 0.05) is 14.2 Å². The van der Waals surface area contributed by atoms with E-state index in [2.05, 4.69) is 5.32 Å². The Morgan fingerprint density at radius 3 is 2.60 bits per heavy atom. The minimum atomic E-state index is -0.469. The molecule has 0 saturated heterocycles. The monoisotopic (exact) mass is 213 g/mol. The van der Waals surface area contributed by atoms with Crippen molar-refractivity contribution in [1.29, 1.82) is 0 Å². The Morgan fingerprint density at radius 1 is 1.47 bits per heavy atom. The van der Waals surface area contributed by atoms with Crippen LogP contribution in [0.3, 0.4) is 0 Å². The second kappa shape index (κ2) is 5.53. The molecule has 0 bridgehead atoms. The van der Waals surface area contributed by atoms with Gasteiger partial charge in [-0.15, -0.1) is 0 Å². The number of nitrogens with one attached hydrogen (secondary N) is 1. The Hall–Kier alpha value is -1.33. The molecule has 1 amide bonds. The molecular formula is C10H15NO4. The summed E-state index contributed by atoms with van der Waals surface area (Å²) in [5.74, 6) is -0.0144. The van der Waals surface area contributed by atoms with E-state index in [4.69, 9.17) is 13.9 Å². The van der Waals surface area contributed by atoms with Crippen LogP contribution in [0.15, 0.2) is 22.8 Å². The molecule has 0 fully saturated rings. The van der Waals surface area contributed by atoms with Crippen molar-refractivity contribution in [2.75, 3.05) is 14.2 Å². The van der Waals surface area contributed by atoms with Gasteiger partial charge in [-0.25, -0.2) is 0 Å². The number of hydrogen-bond acceptors (Lipinski definition) is 4. The first-order chi connectivity index (χ1) is 7.19. The van der Waals surface area contributed by atoms with Gasteiger partial charge in [0.25, 0.3) is 5.91 Å². The number of carbonyl (C=O) groups is 1. The number of ether oxygens (including phenoxy) is 2. The molecule has 1 atom stereocenters. The molecule has 1 N–H and O–H groups in total. The summed E-state index contributed by atoms with van der Waals surface area (Å²) in [5, 5.41) is 2.70. The van der Waals surface area contributed by atoms with Gasteiger partial charge in [0.1, 0.15) is 0 Å². The molecule has 5 heteroatoms. The van der Waals surface area contributed by atoms with Crippen LogP contribution < -0.4 is 5.32 Å². The van der Waals surface area contributed by atoms with Crippen LogP contribution in [0.5, 0.6) is 0 Å². The molecule has 0 saturated carbocycles. The molecule has 1 heterocycles. The first-order valence-corrected chi connectivity index (χ1v) is 4.59. The Bertz CT molecular complexity index is 292. The van der Waals surface area contributed by atoms with Crippen LogP contribution >= 0.6 is 0 Å². The summed E-state index contributed by atoms with van der Waals surface area (Å²) in [7, 11) is 3.04. The number of hydrogen-bond donors (Lipinski definition) is 1. The molecule has 1 unspecified atom stereocenters. The summed E-state index contributed by atoms with van der Waals surface area (Å²) in [4.78, 5) is 11.5. The second-order valence-electron chi connectivity index (χ2n) is 3.08. The zero-order valence-corrected chi connectivity index (χ0v) is 9.02. The molecule has 1 aromatic rings. The van der Waals surface area contributed by atoms with E-state index < -0.39 is 6.29 Å². The molecule has 84 valence electrons. The summed E-state index contributed by atoms with van der Waals surface area (Å²) < 4.78 is 15.0. The van der Waals surface area contributed by atoms with Crippen molar-refractivity contribution in [3.8, 4) is 0 Å². The topological polar surface area (TPSA) is 60.7 Å². The first-order valence-electron chi connectivity index (χ1n) is 4.59. The van der Waals surface area contributed by atoms with Crippen molar-refractivity contribution >= 4 is 5.91 Å². The molecule has 1 aromatic heterocycles. The Balaban J connectivity index is 2.51. The molecule has 0 aliphatic carbocycles. The third-order valence-electron chi connectivity index (χ3n) is 1.98. The average molecular weight is 213 g/mol. The summed E-state index contributed by atoms with van der Waals surface area (Å²) >= 11 is 0. The van der Waals surface area contributed by atoms with Crippen molar-refractivity contribution in [2.45, 2.75) is 19.3 Å². The van der Waals surface area contributed by atoms with Crippen molar-refractivity contribution in [3.05, 3.63) is 24.2 Å². The van der Waals surface area contributed by atoms with Crippen LogP contribution in [0.2, 0.25) is 0 Å². The van der Waals surface area contributed by atoms with Gasteiger partial charge >= 0.3 is 0 Å². The lowest BCUT2D eigenvalue weighted by Gasteiger charge is -2.21. The van der Waals surface area contributed by atoms with Crippen LogP contribution in [-0.2, 0) is 9.47 Å². The van der Waals surface area contributed by atoms with E-state index in [-0.39, 0.29) is 17.7 Å². The highest BCUT2D eigenvalue weighted by molar-refractivity contribution is 5.91. The SMILES string of the molecule is COC(OC)C(C)NC(=O)c1ccco1. The van der Waals surface area contributed by atoms with Gasteiger partial charge in [-0.2, -0.15) is 0 Å². The highest BCUT2D eigenvalue weighted by Crippen LogP contribution is 2.03. The smallest absolute Gasteiger partial charge is 0.287 e. The highest BCUT2D eigenvalue weighted by atomic mass is 16.7. The quantitative estimate of drug-likeness (QED) is 0.742. The van der Waals surface area contributed by atoms with E-state index in [0.717, 1.165) is 0 Å². The largest absolute Gasteiger partial charge is 0.459 e. The van der Waals surface area contributed by atoms with Crippen molar-refractivity contribution in [3.63, 3.8) is 0 Å². The molecule has 0 aliphatic heterocycles. The Morgan fingerprint density at radius 2 is 2.13 bits per heavy atom. The molecule has 0 spiro atoms. The lowest BCUT2D eigenvalue weighted by molar-refractivity contribution is -0.117.